The zero-order valence-corrected chi connectivity index (χ0v) is 10.9. The summed E-state index contributed by atoms with van der Waals surface area (Å²) >= 11 is 5.85. The zero-order valence-electron chi connectivity index (χ0n) is 10.1. The summed E-state index contributed by atoms with van der Waals surface area (Å²) in [6.45, 7) is 0. The number of halogens is 4. The summed E-state index contributed by atoms with van der Waals surface area (Å²) in [5, 5.41) is 2.67. The van der Waals surface area contributed by atoms with Crippen LogP contribution in [0.4, 0.5) is 24.7 Å². The summed E-state index contributed by atoms with van der Waals surface area (Å²) in [7, 11) is 0. The van der Waals surface area contributed by atoms with Crippen molar-refractivity contribution in [1.82, 2.24) is 9.97 Å². The molecule has 0 spiro atoms. The molecule has 0 atom stereocenters. The van der Waals surface area contributed by atoms with Crippen LogP contribution in [0, 0.1) is 17.5 Å². The third kappa shape index (κ3) is 2.70. The quantitative estimate of drug-likeness (QED) is 0.864. The van der Waals surface area contributed by atoms with E-state index in [0.29, 0.717) is 18.0 Å². The maximum atomic E-state index is 13.6. The molecular formula is C13H9ClF3N3. The maximum Gasteiger partial charge on any atom is 0.152 e. The predicted octanol–water partition coefficient (Wildman–Crippen LogP) is 4.17. The first-order chi connectivity index (χ1) is 9.52. The van der Waals surface area contributed by atoms with Crippen LogP contribution >= 0.6 is 11.6 Å². The first kappa shape index (κ1) is 13.2. The van der Waals surface area contributed by atoms with Gasteiger partial charge < -0.3 is 5.32 Å². The van der Waals surface area contributed by atoms with Crippen molar-refractivity contribution in [3.8, 4) is 0 Å². The number of hydrogen-bond donors (Lipinski definition) is 1. The minimum atomic E-state index is -1.04. The van der Waals surface area contributed by atoms with Crippen molar-refractivity contribution in [3.05, 3.63) is 46.6 Å². The number of nitrogens with zero attached hydrogens (tertiary/aromatic N) is 2. The van der Waals surface area contributed by atoms with Gasteiger partial charge in [-0.15, -0.1) is 0 Å². The van der Waals surface area contributed by atoms with E-state index in [1.54, 1.807) is 0 Å². The lowest BCUT2D eigenvalue weighted by molar-refractivity contribution is 0.548. The van der Waals surface area contributed by atoms with Crippen molar-refractivity contribution < 1.29 is 13.2 Å². The van der Waals surface area contributed by atoms with E-state index in [1.165, 1.54) is 6.07 Å². The minimum Gasteiger partial charge on any atom is -0.335 e. The Morgan fingerprint density at radius 3 is 2.30 bits per heavy atom. The van der Waals surface area contributed by atoms with Crippen LogP contribution < -0.4 is 5.32 Å². The molecule has 1 N–H and O–H groups in total. The lowest BCUT2D eigenvalue weighted by atomic mass is 10.2. The molecule has 1 aliphatic carbocycles. The average Bonchev–Trinajstić information content (AvgIpc) is 3.17. The lowest BCUT2D eigenvalue weighted by Crippen LogP contribution is -2.03. The molecule has 2 aromatic rings. The highest BCUT2D eigenvalue weighted by Gasteiger charge is 2.27. The molecule has 1 fully saturated rings. The first-order valence-corrected chi connectivity index (χ1v) is 6.37. The molecular weight excluding hydrogens is 291 g/mol. The van der Waals surface area contributed by atoms with Gasteiger partial charge in [0.2, 0.25) is 0 Å². The van der Waals surface area contributed by atoms with Gasteiger partial charge in [0, 0.05) is 24.1 Å². The van der Waals surface area contributed by atoms with Crippen molar-refractivity contribution >= 4 is 23.1 Å². The summed E-state index contributed by atoms with van der Waals surface area (Å²) in [5.74, 6) is -2.09. The van der Waals surface area contributed by atoms with Crippen molar-refractivity contribution in [3.63, 3.8) is 0 Å². The number of benzene rings is 1. The van der Waals surface area contributed by atoms with E-state index in [1.807, 2.05) is 0 Å². The van der Waals surface area contributed by atoms with Gasteiger partial charge in [0.25, 0.3) is 0 Å². The molecule has 3 nitrogen and oxygen atoms in total. The summed E-state index contributed by atoms with van der Waals surface area (Å²) in [5.41, 5.74) is -0.470. The molecule has 3 rings (SSSR count). The zero-order chi connectivity index (χ0) is 14.3. The van der Waals surface area contributed by atoms with Crippen LogP contribution in [0.25, 0.3) is 0 Å². The lowest BCUT2D eigenvalue weighted by Gasteiger charge is -2.09. The van der Waals surface area contributed by atoms with Crippen LogP contribution in [0.5, 0.6) is 0 Å². The molecule has 20 heavy (non-hydrogen) atoms. The Hall–Kier alpha value is -1.82. The molecule has 0 amide bonds. The van der Waals surface area contributed by atoms with E-state index in [9.17, 15) is 13.2 Å². The second kappa shape index (κ2) is 4.94. The highest BCUT2D eigenvalue weighted by Crippen LogP contribution is 2.39. The molecule has 1 aliphatic rings. The Bertz CT molecular complexity index is 651. The van der Waals surface area contributed by atoms with Gasteiger partial charge in [-0.2, -0.15) is 0 Å². The van der Waals surface area contributed by atoms with Crippen molar-refractivity contribution in [2.75, 3.05) is 5.32 Å². The molecule has 0 unspecified atom stereocenters. The molecule has 1 aromatic heterocycles. The normalized spacial score (nSPS) is 14.4. The minimum absolute atomic E-state index is 0.177. The third-order valence-corrected chi connectivity index (χ3v) is 3.11. The largest absolute Gasteiger partial charge is 0.335 e. The summed E-state index contributed by atoms with van der Waals surface area (Å²) < 4.78 is 39.9. The van der Waals surface area contributed by atoms with Gasteiger partial charge in [-0.05, 0) is 12.8 Å². The fourth-order valence-electron chi connectivity index (χ4n) is 1.81. The van der Waals surface area contributed by atoms with Gasteiger partial charge in [-0.25, -0.2) is 23.1 Å². The standard InChI is InChI=1S/C13H9ClF3N3/c14-10-5-11(20-13(18-10)6-1-2-6)19-12-8(16)3-7(15)4-9(12)17/h3-6H,1-2H2,(H,18,19,20). The van der Waals surface area contributed by atoms with Gasteiger partial charge in [0.15, 0.2) is 11.6 Å². The number of hydrogen-bond acceptors (Lipinski definition) is 3. The number of anilines is 2. The molecule has 1 heterocycles. The molecule has 7 heteroatoms. The molecule has 0 radical (unpaired) electrons. The second-order valence-corrected chi connectivity index (χ2v) is 4.97. The Morgan fingerprint density at radius 2 is 1.70 bits per heavy atom. The molecule has 1 aromatic carbocycles. The van der Waals surface area contributed by atoms with E-state index in [4.69, 9.17) is 11.6 Å². The van der Waals surface area contributed by atoms with Crippen molar-refractivity contribution in [2.45, 2.75) is 18.8 Å². The van der Waals surface area contributed by atoms with Crippen molar-refractivity contribution in [1.29, 1.82) is 0 Å². The molecule has 0 bridgehead atoms. The van der Waals surface area contributed by atoms with Gasteiger partial charge in [0.1, 0.15) is 28.3 Å². The fraction of sp³-hybridized carbons (Fsp3) is 0.231. The Labute approximate surface area is 117 Å². The van der Waals surface area contributed by atoms with Crippen LogP contribution in [-0.4, -0.2) is 9.97 Å². The SMILES string of the molecule is Fc1cc(F)c(Nc2cc(Cl)nc(C3CC3)n2)c(F)c1. The topological polar surface area (TPSA) is 37.8 Å². The van der Waals surface area contributed by atoms with Crippen LogP contribution in [0.3, 0.4) is 0 Å². The first-order valence-electron chi connectivity index (χ1n) is 5.99. The van der Waals surface area contributed by atoms with Gasteiger partial charge in [0.05, 0.1) is 0 Å². The van der Waals surface area contributed by atoms with E-state index < -0.39 is 23.1 Å². The van der Waals surface area contributed by atoms with E-state index >= 15 is 0 Å². The van der Waals surface area contributed by atoms with Crippen LogP contribution in [0.2, 0.25) is 5.15 Å². The number of aromatic nitrogens is 2. The van der Waals surface area contributed by atoms with Gasteiger partial charge in [-0.3, -0.25) is 0 Å². The average molecular weight is 300 g/mol. The second-order valence-electron chi connectivity index (χ2n) is 4.58. The summed E-state index contributed by atoms with van der Waals surface area (Å²) in [4.78, 5) is 8.23. The molecule has 0 saturated heterocycles. The van der Waals surface area contributed by atoms with E-state index in [2.05, 4.69) is 15.3 Å². The van der Waals surface area contributed by atoms with Crippen LogP contribution in [0.1, 0.15) is 24.6 Å². The summed E-state index contributed by atoms with van der Waals surface area (Å²) in [6.07, 6.45) is 1.94. The van der Waals surface area contributed by atoms with Gasteiger partial charge >= 0.3 is 0 Å². The monoisotopic (exact) mass is 299 g/mol. The number of nitrogens with one attached hydrogen (secondary N) is 1. The Kier molecular flexibility index (Phi) is 3.25. The highest BCUT2D eigenvalue weighted by molar-refractivity contribution is 6.29. The molecule has 1 saturated carbocycles. The fourth-order valence-corrected chi connectivity index (χ4v) is 2.00. The number of rotatable bonds is 3. The van der Waals surface area contributed by atoms with Gasteiger partial charge in [-0.1, -0.05) is 11.6 Å². The predicted molar refractivity (Wildman–Crippen MR) is 68.6 cm³/mol. The molecule has 104 valence electrons. The highest BCUT2D eigenvalue weighted by atomic mass is 35.5. The molecule has 0 aliphatic heterocycles. The smallest absolute Gasteiger partial charge is 0.152 e. The van der Waals surface area contributed by atoms with E-state index in [-0.39, 0.29) is 16.9 Å². The van der Waals surface area contributed by atoms with Crippen LogP contribution in [0.15, 0.2) is 18.2 Å². The van der Waals surface area contributed by atoms with Crippen molar-refractivity contribution in [2.24, 2.45) is 0 Å². The van der Waals surface area contributed by atoms with Crippen LogP contribution in [-0.2, 0) is 0 Å². The van der Waals surface area contributed by atoms with E-state index in [0.717, 1.165) is 12.8 Å². The maximum absolute atomic E-state index is 13.6. The third-order valence-electron chi connectivity index (χ3n) is 2.91. The summed E-state index contributed by atoms with van der Waals surface area (Å²) in [6, 6.07) is 2.54. The Morgan fingerprint density at radius 1 is 1.05 bits per heavy atom. The Balaban J connectivity index is 1.95.